The van der Waals surface area contributed by atoms with Crippen LogP contribution in [0.5, 0.6) is 0 Å². The third-order valence-electron chi connectivity index (χ3n) is 2.44. The molecule has 0 unspecified atom stereocenters. The number of rotatable bonds is 2. The number of aryl methyl sites for hydroxylation is 1. The summed E-state index contributed by atoms with van der Waals surface area (Å²) in [7, 11) is 0. The molecule has 0 aliphatic rings. The van der Waals surface area contributed by atoms with Gasteiger partial charge < -0.3 is 0 Å². The zero-order valence-electron chi connectivity index (χ0n) is 8.83. The molecular formula is C12H11ClN2O. The van der Waals surface area contributed by atoms with E-state index in [-0.39, 0.29) is 5.56 Å². The summed E-state index contributed by atoms with van der Waals surface area (Å²) in [4.78, 5) is 11.2. The van der Waals surface area contributed by atoms with Crippen LogP contribution >= 0.6 is 11.6 Å². The molecule has 0 spiro atoms. The molecule has 0 saturated carbocycles. The van der Waals surface area contributed by atoms with Gasteiger partial charge in [0.05, 0.1) is 5.69 Å². The highest BCUT2D eigenvalue weighted by molar-refractivity contribution is 6.31. The molecule has 1 aromatic carbocycles. The van der Waals surface area contributed by atoms with Crippen molar-refractivity contribution in [2.45, 2.75) is 13.3 Å². The van der Waals surface area contributed by atoms with Crippen molar-refractivity contribution in [1.82, 2.24) is 10.2 Å². The van der Waals surface area contributed by atoms with Gasteiger partial charge in [-0.05, 0) is 24.1 Å². The molecule has 0 amide bonds. The topological polar surface area (TPSA) is 45.8 Å². The number of aromatic amines is 1. The van der Waals surface area contributed by atoms with E-state index >= 15 is 0 Å². The first-order valence-corrected chi connectivity index (χ1v) is 5.33. The molecule has 2 aromatic rings. The largest absolute Gasteiger partial charge is 0.268 e. The average Bonchev–Trinajstić information content (AvgIpc) is 2.27. The number of aromatic nitrogens is 2. The molecule has 0 radical (unpaired) electrons. The Labute approximate surface area is 98.1 Å². The van der Waals surface area contributed by atoms with Gasteiger partial charge in [0.25, 0.3) is 5.56 Å². The summed E-state index contributed by atoms with van der Waals surface area (Å²) in [6.45, 7) is 1.86. The van der Waals surface area contributed by atoms with Crippen LogP contribution in [0.15, 0.2) is 35.1 Å². The maximum atomic E-state index is 11.2. The van der Waals surface area contributed by atoms with Crippen LogP contribution in [0.4, 0.5) is 0 Å². The van der Waals surface area contributed by atoms with Gasteiger partial charge in [-0.25, -0.2) is 5.10 Å². The smallest absolute Gasteiger partial charge is 0.264 e. The van der Waals surface area contributed by atoms with Crippen molar-refractivity contribution in [3.63, 3.8) is 0 Å². The van der Waals surface area contributed by atoms with E-state index in [0.717, 1.165) is 16.8 Å². The maximum Gasteiger partial charge on any atom is 0.264 e. The molecule has 0 fully saturated rings. The molecule has 4 heteroatoms. The number of hydrogen-bond donors (Lipinski definition) is 1. The predicted molar refractivity (Wildman–Crippen MR) is 63.9 cm³/mol. The number of benzene rings is 1. The molecule has 0 aliphatic heterocycles. The first-order valence-electron chi connectivity index (χ1n) is 4.95. The zero-order valence-corrected chi connectivity index (χ0v) is 9.58. The monoisotopic (exact) mass is 234 g/mol. The Morgan fingerprint density at radius 2 is 2.06 bits per heavy atom. The molecule has 0 aliphatic carbocycles. The Morgan fingerprint density at radius 1 is 1.31 bits per heavy atom. The molecule has 1 heterocycles. The number of hydrogen-bond acceptors (Lipinski definition) is 2. The molecule has 16 heavy (non-hydrogen) atoms. The van der Waals surface area contributed by atoms with Gasteiger partial charge in [-0.1, -0.05) is 29.8 Å². The number of H-pyrrole nitrogens is 1. The minimum Gasteiger partial charge on any atom is -0.268 e. The van der Waals surface area contributed by atoms with Crippen molar-refractivity contribution in [1.29, 1.82) is 0 Å². The second-order valence-corrected chi connectivity index (χ2v) is 4.02. The van der Waals surface area contributed by atoms with Crippen molar-refractivity contribution in [3.8, 4) is 0 Å². The molecule has 0 bridgehead atoms. The standard InChI is InChI=1S/C12H11ClN2O/c1-8-10(7-12(16)15-14-8)6-9-4-2-3-5-11(9)13/h2-5,7H,6H2,1H3,(H,15,16). The Morgan fingerprint density at radius 3 is 2.81 bits per heavy atom. The molecule has 0 atom stereocenters. The van der Waals surface area contributed by atoms with Crippen LogP contribution in [0.2, 0.25) is 5.02 Å². The van der Waals surface area contributed by atoms with Gasteiger partial charge >= 0.3 is 0 Å². The van der Waals surface area contributed by atoms with E-state index in [1.165, 1.54) is 0 Å². The number of halogens is 1. The molecule has 0 saturated heterocycles. The van der Waals surface area contributed by atoms with Gasteiger partial charge in [0.2, 0.25) is 0 Å². The fourth-order valence-electron chi connectivity index (χ4n) is 1.53. The second kappa shape index (κ2) is 4.49. The molecule has 82 valence electrons. The van der Waals surface area contributed by atoms with Gasteiger partial charge in [0.15, 0.2) is 0 Å². The van der Waals surface area contributed by atoms with Crippen LogP contribution in [0.1, 0.15) is 16.8 Å². The lowest BCUT2D eigenvalue weighted by atomic mass is 10.0. The quantitative estimate of drug-likeness (QED) is 0.867. The van der Waals surface area contributed by atoms with E-state index in [9.17, 15) is 4.79 Å². The van der Waals surface area contributed by atoms with Crippen LogP contribution < -0.4 is 5.56 Å². The van der Waals surface area contributed by atoms with Crippen molar-refractivity contribution in [2.24, 2.45) is 0 Å². The highest BCUT2D eigenvalue weighted by Crippen LogP contribution is 2.18. The van der Waals surface area contributed by atoms with Crippen LogP contribution in [0.25, 0.3) is 0 Å². The zero-order chi connectivity index (χ0) is 11.5. The van der Waals surface area contributed by atoms with E-state index in [1.807, 2.05) is 31.2 Å². The summed E-state index contributed by atoms with van der Waals surface area (Å²) in [5.41, 5.74) is 2.53. The Hall–Kier alpha value is -1.61. The van der Waals surface area contributed by atoms with E-state index in [0.29, 0.717) is 11.4 Å². The van der Waals surface area contributed by atoms with Crippen molar-refractivity contribution in [2.75, 3.05) is 0 Å². The molecule has 2 rings (SSSR count). The number of nitrogens with one attached hydrogen (secondary N) is 1. The van der Waals surface area contributed by atoms with Crippen LogP contribution in [-0.2, 0) is 6.42 Å². The predicted octanol–water partition coefficient (Wildman–Crippen LogP) is 2.32. The van der Waals surface area contributed by atoms with Crippen LogP contribution in [0, 0.1) is 6.92 Å². The van der Waals surface area contributed by atoms with Crippen molar-refractivity contribution in [3.05, 3.63) is 62.5 Å². The minimum atomic E-state index is -0.187. The summed E-state index contributed by atoms with van der Waals surface area (Å²) < 4.78 is 0. The highest BCUT2D eigenvalue weighted by Gasteiger charge is 2.05. The van der Waals surface area contributed by atoms with Crippen LogP contribution in [-0.4, -0.2) is 10.2 Å². The molecular weight excluding hydrogens is 224 g/mol. The third kappa shape index (κ3) is 2.31. The normalized spacial score (nSPS) is 10.4. The van der Waals surface area contributed by atoms with Crippen molar-refractivity contribution >= 4 is 11.6 Å². The summed E-state index contributed by atoms with van der Waals surface area (Å²) in [5.74, 6) is 0. The third-order valence-corrected chi connectivity index (χ3v) is 2.81. The Balaban J connectivity index is 2.38. The van der Waals surface area contributed by atoms with E-state index in [2.05, 4.69) is 10.2 Å². The summed E-state index contributed by atoms with van der Waals surface area (Å²) >= 11 is 6.06. The summed E-state index contributed by atoms with van der Waals surface area (Å²) in [6.07, 6.45) is 0.627. The second-order valence-electron chi connectivity index (χ2n) is 3.61. The average molecular weight is 235 g/mol. The Bertz CT molecular complexity index is 563. The Kier molecular flexibility index (Phi) is 3.06. The lowest BCUT2D eigenvalue weighted by molar-refractivity contribution is 0.912. The fourth-order valence-corrected chi connectivity index (χ4v) is 1.73. The van der Waals surface area contributed by atoms with E-state index < -0.39 is 0 Å². The molecule has 1 aromatic heterocycles. The van der Waals surface area contributed by atoms with E-state index in [4.69, 9.17) is 11.6 Å². The number of nitrogens with zero attached hydrogens (tertiary/aromatic N) is 1. The van der Waals surface area contributed by atoms with Crippen molar-refractivity contribution < 1.29 is 0 Å². The molecule has 3 nitrogen and oxygen atoms in total. The maximum absolute atomic E-state index is 11.2. The van der Waals surface area contributed by atoms with Gasteiger partial charge in [-0.3, -0.25) is 4.79 Å². The van der Waals surface area contributed by atoms with Gasteiger partial charge in [-0.15, -0.1) is 0 Å². The first-order chi connectivity index (χ1) is 7.66. The fraction of sp³-hybridized carbons (Fsp3) is 0.167. The van der Waals surface area contributed by atoms with Gasteiger partial charge in [-0.2, -0.15) is 5.10 Å². The lowest BCUT2D eigenvalue weighted by Gasteiger charge is -2.05. The SMILES string of the molecule is Cc1n[nH]c(=O)cc1Cc1ccccc1Cl. The van der Waals surface area contributed by atoms with E-state index in [1.54, 1.807) is 6.07 Å². The minimum absolute atomic E-state index is 0.187. The van der Waals surface area contributed by atoms with Crippen LogP contribution in [0.3, 0.4) is 0 Å². The summed E-state index contributed by atoms with van der Waals surface area (Å²) in [5, 5.41) is 7.04. The highest BCUT2D eigenvalue weighted by atomic mass is 35.5. The first kappa shape index (κ1) is 10.9. The lowest BCUT2D eigenvalue weighted by Crippen LogP contribution is -2.10. The molecule has 1 N–H and O–H groups in total. The summed E-state index contributed by atoms with van der Waals surface area (Å²) in [6, 6.07) is 9.16. The van der Waals surface area contributed by atoms with Gasteiger partial charge in [0, 0.05) is 17.5 Å². The van der Waals surface area contributed by atoms with Gasteiger partial charge in [0.1, 0.15) is 0 Å².